The Hall–Kier alpha value is -2.08. The van der Waals surface area contributed by atoms with Gasteiger partial charge in [0.1, 0.15) is 5.82 Å². The lowest BCUT2D eigenvalue weighted by molar-refractivity contribution is -0.129. The van der Waals surface area contributed by atoms with Crippen LogP contribution in [-0.2, 0) is 4.79 Å². The van der Waals surface area contributed by atoms with Crippen LogP contribution < -0.4 is 5.56 Å². The highest BCUT2D eigenvalue weighted by Crippen LogP contribution is 2.27. The number of nitrogens with one attached hydrogen (secondary N) is 1. The number of likely N-dealkylation sites (tertiary alicyclic amines) is 1. The van der Waals surface area contributed by atoms with Gasteiger partial charge in [-0.1, -0.05) is 18.2 Å². The lowest BCUT2D eigenvalue weighted by atomic mass is 9.94. The number of aryl methyl sites for hydroxylation is 2. The van der Waals surface area contributed by atoms with Gasteiger partial charge in [0.05, 0.1) is 11.4 Å². The van der Waals surface area contributed by atoms with Crippen molar-refractivity contribution < 1.29 is 4.79 Å². The smallest absolute Gasteiger partial charge is 0.251 e. The number of amides is 1. The molecule has 0 unspecified atom stereocenters. The number of aromatic nitrogens is 2. The molecule has 1 aromatic heterocycles. The van der Waals surface area contributed by atoms with Crippen molar-refractivity contribution in [3.63, 3.8) is 0 Å². The minimum absolute atomic E-state index is 0.124. The maximum atomic E-state index is 12.6. The molecule has 1 aliphatic rings. The molecule has 2 aromatic rings. The van der Waals surface area contributed by atoms with Crippen LogP contribution in [-0.4, -0.2) is 39.6 Å². The third-order valence-electron chi connectivity index (χ3n) is 4.52. The molecule has 1 atom stereocenters. The van der Waals surface area contributed by atoms with E-state index in [4.69, 9.17) is 0 Å². The number of benzene rings is 1. The second-order valence-electron chi connectivity index (χ2n) is 6.49. The third kappa shape index (κ3) is 4.51. The molecule has 6 heteroatoms. The molecule has 2 heterocycles. The number of carbonyl (C=O) groups is 1. The van der Waals surface area contributed by atoms with Crippen LogP contribution in [0, 0.1) is 13.8 Å². The summed E-state index contributed by atoms with van der Waals surface area (Å²) in [4.78, 5) is 34.5. The van der Waals surface area contributed by atoms with Crippen molar-refractivity contribution in [2.45, 2.75) is 37.5 Å². The van der Waals surface area contributed by atoms with E-state index in [-0.39, 0.29) is 17.4 Å². The van der Waals surface area contributed by atoms with Crippen molar-refractivity contribution in [3.8, 4) is 0 Å². The van der Waals surface area contributed by atoms with Crippen molar-refractivity contribution in [2.24, 2.45) is 0 Å². The number of nitrogens with zero attached hydrogens (tertiary/aromatic N) is 2. The van der Waals surface area contributed by atoms with Crippen molar-refractivity contribution >= 4 is 17.7 Å². The quantitative estimate of drug-likeness (QED) is 0.855. The van der Waals surface area contributed by atoms with Crippen LogP contribution in [0.5, 0.6) is 0 Å². The van der Waals surface area contributed by atoms with Crippen molar-refractivity contribution in [1.82, 2.24) is 14.9 Å². The Morgan fingerprint density at radius 1 is 1.36 bits per heavy atom. The average molecular weight is 357 g/mol. The zero-order valence-corrected chi connectivity index (χ0v) is 15.4. The first-order valence-electron chi connectivity index (χ1n) is 8.57. The predicted molar refractivity (Wildman–Crippen MR) is 100 cm³/mol. The van der Waals surface area contributed by atoms with Crippen LogP contribution in [0.4, 0.5) is 0 Å². The van der Waals surface area contributed by atoms with E-state index in [0.717, 1.165) is 30.0 Å². The van der Waals surface area contributed by atoms with Crippen LogP contribution in [0.15, 0.2) is 40.0 Å². The Kier molecular flexibility index (Phi) is 5.58. The maximum Gasteiger partial charge on any atom is 0.251 e. The molecule has 0 bridgehead atoms. The summed E-state index contributed by atoms with van der Waals surface area (Å²) < 4.78 is 0. The average Bonchev–Trinajstić information content (AvgIpc) is 2.60. The molecule has 5 nitrogen and oxygen atoms in total. The minimum Gasteiger partial charge on any atom is -0.341 e. The number of hydrogen-bond acceptors (Lipinski definition) is 4. The van der Waals surface area contributed by atoms with E-state index in [9.17, 15) is 9.59 Å². The molecule has 1 aliphatic heterocycles. The van der Waals surface area contributed by atoms with Gasteiger partial charge in [0.25, 0.3) is 5.56 Å². The van der Waals surface area contributed by atoms with Gasteiger partial charge in [0.15, 0.2) is 0 Å². The Morgan fingerprint density at radius 3 is 2.92 bits per heavy atom. The fourth-order valence-corrected chi connectivity index (χ4v) is 4.14. The molecule has 0 spiro atoms. The molecule has 1 aromatic carbocycles. The molecular formula is C19H23N3O2S. The fraction of sp³-hybridized carbons (Fsp3) is 0.421. The Bertz CT molecular complexity index is 818. The van der Waals surface area contributed by atoms with Gasteiger partial charge in [-0.15, -0.1) is 11.8 Å². The Balaban J connectivity index is 1.63. The van der Waals surface area contributed by atoms with E-state index < -0.39 is 0 Å². The standard InChI is InChI=1S/C19H23N3O2S/c1-13-6-3-4-8-17(13)25-12-19(24)22-9-5-7-15(11-22)16-10-18(23)21-14(2)20-16/h3-4,6,8,10,15H,5,7,9,11-12H2,1-2H3,(H,20,21,23)/t15-/m0/s1. The van der Waals surface area contributed by atoms with Crippen molar-refractivity contribution in [1.29, 1.82) is 0 Å². The number of thioether (sulfide) groups is 1. The highest BCUT2D eigenvalue weighted by molar-refractivity contribution is 8.00. The van der Waals surface area contributed by atoms with Crippen LogP contribution in [0.1, 0.15) is 35.8 Å². The van der Waals surface area contributed by atoms with E-state index in [1.165, 1.54) is 5.56 Å². The van der Waals surface area contributed by atoms with Gasteiger partial charge in [0.2, 0.25) is 5.91 Å². The van der Waals surface area contributed by atoms with E-state index in [0.29, 0.717) is 18.1 Å². The van der Waals surface area contributed by atoms with Crippen LogP contribution in [0.3, 0.4) is 0 Å². The molecule has 1 fully saturated rings. The normalized spacial score (nSPS) is 17.5. The molecule has 3 rings (SSSR count). The van der Waals surface area contributed by atoms with Crippen LogP contribution >= 0.6 is 11.8 Å². The van der Waals surface area contributed by atoms with Crippen molar-refractivity contribution in [2.75, 3.05) is 18.8 Å². The number of H-pyrrole nitrogens is 1. The summed E-state index contributed by atoms with van der Waals surface area (Å²) in [5, 5.41) is 0. The number of aromatic amines is 1. The molecule has 25 heavy (non-hydrogen) atoms. The van der Waals surface area contributed by atoms with Crippen LogP contribution in [0.2, 0.25) is 0 Å². The summed E-state index contributed by atoms with van der Waals surface area (Å²) in [6.45, 7) is 5.27. The van der Waals surface area contributed by atoms with Gasteiger partial charge in [-0.3, -0.25) is 9.59 Å². The Labute approximate surface area is 151 Å². The third-order valence-corrected chi connectivity index (χ3v) is 5.68. The molecule has 1 N–H and O–H groups in total. The van der Waals surface area contributed by atoms with E-state index in [1.54, 1.807) is 24.8 Å². The SMILES string of the molecule is Cc1nc([C@H]2CCCN(C(=O)CSc3ccccc3C)C2)cc(=O)[nH]1. The van der Waals surface area contributed by atoms with Gasteiger partial charge >= 0.3 is 0 Å². The molecule has 1 amide bonds. The summed E-state index contributed by atoms with van der Waals surface area (Å²) in [7, 11) is 0. The number of hydrogen-bond donors (Lipinski definition) is 1. The topological polar surface area (TPSA) is 66.1 Å². The summed E-state index contributed by atoms with van der Waals surface area (Å²) in [6, 6.07) is 9.68. The summed E-state index contributed by atoms with van der Waals surface area (Å²) >= 11 is 1.59. The van der Waals surface area contributed by atoms with Gasteiger partial charge in [-0.2, -0.15) is 0 Å². The first-order valence-corrected chi connectivity index (χ1v) is 9.55. The predicted octanol–water partition coefficient (Wildman–Crippen LogP) is 2.89. The van der Waals surface area contributed by atoms with Crippen molar-refractivity contribution in [3.05, 3.63) is 57.8 Å². The van der Waals surface area contributed by atoms with Gasteiger partial charge in [-0.05, 0) is 38.3 Å². The molecule has 1 saturated heterocycles. The molecule has 0 saturated carbocycles. The second kappa shape index (κ2) is 7.87. The molecule has 0 radical (unpaired) electrons. The summed E-state index contributed by atoms with van der Waals surface area (Å²) in [6.07, 6.45) is 1.91. The minimum atomic E-state index is -0.124. The molecule has 0 aliphatic carbocycles. The molecular weight excluding hydrogens is 334 g/mol. The monoisotopic (exact) mass is 357 g/mol. The number of piperidine rings is 1. The highest BCUT2D eigenvalue weighted by Gasteiger charge is 2.26. The Morgan fingerprint density at radius 2 is 2.16 bits per heavy atom. The fourth-order valence-electron chi connectivity index (χ4n) is 3.21. The van der Waals surface area contributed by atoms with Gasteiger partial charge in [0, 0.05) is 30.0 Å². The van der Waals surface area contributed by atoms with E-state index >= 15 is 0 Å². The first-order chi connectivity index (χ1) is 12.0. The number of rotatable bonds is 4. The van der Waals surface area contributed by atoms with Gasteiger partial charge in [-0.25, -0.2) is 4.98 Å². The lowest BCUT2D eigenvalue weighted by Gasteiger charge is -2.32. The van der Waals surface area contributed by atoms with E-state index in [2.05, 4.69) is 29.0 Å². The second-order valence-corrected chi connectivity index (χ2v) is 7.51. The van der Waals surface area contributed by atoms with E-state index in [1.807, 2.05) is 17.0 Å². The first kappa shape index (κ1) is 17.7. The van der Waals surface area contributed by atoms with Gasteiger partial charge < -0.3 is 9.88 Å². The zero-order chi connectivity index (χ0) is 17.8. The molecule has 132 valence electrons. The highest BCUT2D eigenvalue weighted by atomic mass is 32.2. The summed E-state index contributed by atoms with van der Waals surface area (Å²) in [5.41, 5.74) is 1.87. The number of carbonyl (C=O) groups excluding carboxylic acids is 1. The maximum absolute atomic E-state index is 12.6. The van der Waals surface area contributed by atoms with Crippen LogP contribution in [0.25, 0.3) is 0 Å². The summed E-state index contributed by atoms with van der Waals surface area (Å²) in [5.74, 6) is 1.36. The largest absolute Gasteiger partial charge is 0.341 e. The zero-order valence-electron chi connectivity index (χ0n) is 14.6. The lowest BCUT2D eigenvalue weighted by Crippen LogP contribution is -2.40.